The number of hydrogen-bond donors (Lipinski definition) is 6. The van der Waals surface area contributed by atoms with Gasteiger partial charge in [0.2, 0.25) is 35.4 Å². The summed E-state index contributed by atoms with van der Waals surface area (Å²) in [6, 6.07) is 27.6. The van der Waals surface area contributed by atoms with E-state index >= 15 is 0 Å². The van der Waals surface area contributed by atoms with Crippen molar-refractivity contribution in [3.05, 3.63) is 209 Å². The van der Waals surface area contributed by atoms with Gasteiger partial charge in [-0.05, 0) is 86.7 Å². The summed E-state index contributed by atoms with van der Waals surface area (Å²) >= 11 is 23.5. The standard InChI is InChI=1S/C36H36Cl2FN5O6.C31H28Cl2FN5O4/c1-36(2,3)50-35(49)41-17-16-27(33(47)42-26-13-12-25(37)31(38)32(26)39)43-34(48)28-19-22-10-11-24(40-4)18-23(22)20-44(28)30(46)15-14-29(45)21-8-6-5-7-9-21;1-36-21-8-7-19-16-25(39(17-20(19)15-21)27(41)12-11-26(40)18-5-3-2-4-6-18)31(43)38-24(13-14-35)30(42)37-23-10-9-22(32)28(33)29(23)34/h5-13,18,27-28H,14-17,19-20H2,1-3H3,(H,41,49)(H,42,47)(H,43,48);2-10,15,24-25H,11-14,16-17,35H2,(H,37,42)(H,38,43)/t27-,28-;24-,25-/m00/s1. The van der Waals surface area contributed by atoms with Crippen molar-refractivity contribution in [2.45, 2.75) is 115 Å². The number of hydrogen-bond acceptors (Lipinski definition) is 11. The van der Waals surface area contributed by atoms with Gasteiger partial charge in [0.15, 0.2) is 34.6 Å². The monoisotopic (exact) mass is 1350 g/mol. The molecule has 0 fully saturated rings. The second kappa shape index (κ2) is 32.8. The second-order valence-electron chi connectivity index (χ2n) is 22.5. The van der Waals surface area contributed by atoms with Gasteiger partial charge in [-0.2, -0.15) is 0 Å². The lowest BCUT2D eigenvalue weighted by Gasteiger charge is -2.37. The molecule has 0 saturated carbocycles. The third-order valence-corrected chi connectivity index (χ3v) is 16.4. The molecule has 20 nitrogen and oxygen atoms in total. The number of ketones is 2. The molecule has 0 bridgehead atoms. The number of nitrogens with zero attached hydrogens (tertiary/aromatic N) is 4. The van der Waals surface area contributed by atoms with Gasteiger partial charge in [0, 0.05) is 69.3 Å². The molecule has 2 aliphatic rings. The summed E-state index contributed by atoms with van der Waals surface area (Å²) in [5, 5.41) is 11.8. The largest absolute Gasteiger partial charge is 0.444 e. The minimum absolute atomic E-state index is 0.0132. The van der Waals surface area contributed by atoms with Crippen LogP contribution >= 0.6 is 46.4 Å². The average molecular weight is 1350 g/mol. The molecule has 2 heterocycles. The van der Waals surface area contributed by atoms with Crippen LogP contribution < -0.4 is 32.3 Å². The lowest BCUT2D eigenvalue weighted by atomic mass is 9.92. The first-order valence-corrected chi connectivity index (χ1v) is 30.7. The summed E-state index contributed by atoms with van der Waals surface area (Å²) in [5.74, 6) is -6.14. The lowest BCUT2D eigenvalue weighted by molar-refractivity contribution is -0.142. The van der Waals surface area contributed by atoms with Crippen LogP contribution in [0.1, 0.15) is 102 Å². The van der Waals surface area contributed by atoms with Gasteiger partial charge in [-0.3, -0.25) is 38.4 Å². The van der Waals surface area contributed by atoms with Crippen molar-refractivity contribution >= 4 is 122 Å². The number of halogens is 6. The zero-order valence-electron chi connectivity index (χ0n) is 50.6. The van der Waals surface area contributed by atoms with Gasteiger partial charge in [0.25, 0.3) is 0 Å². The van der Waals surface area contributed by atoms with Crippen molar-refractivity contribution in [3.63, 3.8) is 0 Å². The van der Waals surface area contributed by atoms with E-state index in [1.807, 2.05) is 0 Å². The molecule has 6 aromatic rings. The van der Waals surface area contributed by atoms with Gasteiger partial charge >= 0.3 is 6.09 Å². The van der Waals surface area contributed by atoms with E-state index in [1.165, 1.54) is 34.1 Å². The van der Waals surface area contributed by atoms with Crippen LogP contribution in [0, 0.1) is 24.8 Å². The second-order valence-corrected chi connectivity index (χ2v) is 24.1. The molecule has 26 heteroatoms. The normalized spacial score (nSPS) is 14.5. The highest BCUT2D eigenvalue weighted by molar-refractivity contribution is 6.43. The number of rotatable bonds is 21. The number of carbonyl (C=O) groups excluding carboxylic acids is 9. The number of nitrogens with two attached hydrogens (primary N) is 1. The van der Waals surface area contributed by atoms with E-state index < -0.39 is 88.0 Å². The number of fused-ring (bicyclic) bond motifs is 2. The fourth-order valence-electron chi connectivity index (χ4n) is 10.1. The molecule has 0 aliphatic carbocycles. The Hall–Kier alpha value is -9.29. The van der Waals surface area contributed by atoms with Crippen molar-refractivity contribution in [2.24, 2.45) is 5.73 Å². The molecule has 8 rings (SSSR count). The van der Waals surface area contributed by atoms with E-state index in [4.69, 9.17) is 70.0 Å². The summed E-state index contributed by atoms with van der Waals surface area (Å²) < 4.78 is 34.7. The van der Waals surface area contributed by atoms with Crippen molar-refractivity contribution in [1.82, 2.24) is 25.8 Å². The molecule has 7 N–H and O–H groups in total. The van der Waals surface area contributed by atoms with E-state index in [1.54, 1.807) is 118 Å². The van der Waals surface area contributed by atoms with E-state index in [0.29, 0.717) is 33.6 Å². The van der Waals surface area contributed by atoms with Gasteiger partial charge in [-0.1, -0.05) is 143 Å². The van der Waals surface area contributed by atoms with E-state index in [2.05, 4.69) is 36.3 Å². The summed E-state index contributed by atoms with van der Waals surface area (Å²) in [7, 11) is 0. The molecule has 0 aromatic heterocycles. The van der Waals surface area contributed by atoms with Crippen molar-refractivity contribution < 1.29 is 56.7 Å². The highest BCUT2D eigenvalue weighted by atomic mass is 35.5. The third-order valence-electron chi connectivity index (χ3n) is 14.9. The molecule has 0 radical (unpaired) electrons. The number of nitrogens with one attached hydrogen (secondary N) is 5. The zero-order valence-corrected chi connectivity index (χ0v) is 53.6. The van der Waals surface area contributed by atoms with Crippen molar-refractivity contribution in [3.8, 4) is 0 Å². The highest BCUT2D eigenvalue weighted by Gasteiger charge is 2.39. The maximum atomic E-state index is 14.8. The number of Topliss-reactive ketones (excluding diaryl/α,β-unsaturated/α-hetero) is 2. The minimum Gasteiger partial charge on any atom is -0.444 e. The Bertz CT molecular complexity index is 3920. The third kappa shape index (κ3) is 19.4. The Morgan fingerprint density at radius 1 is 0.581 bits per heavy atom. The van der Waals surface area contributed by atoms with Gasteiger partial charge in [0.05, 0.1) is 44.6 Å². The number of carbonyl (C=O) groups is 9. The topological polar surface area (TPSA) is 264 Å². The first-order chi connectivity index (χ1) is 44.3. The van der Waals surface area contributed by atoms with Gasteiger partial charge in [0.1, 0.15) is 29.8 Å². The molecule has 0 saturated heterocycles. The van der Waals surface area contributed by atoms with Crippen molar-refractivity contribution in [1.29, 1.82) is 0 Å². The number of amides is 7. The lowest BCUT2D eigenvalue weighted by Crippen LogP contribution is -2.56. The zero-order chi connectivity index (χ0) is 67.7. The van der Waals surface area contributed by atoms with Gasteiger partial charge < -0.3 is 46.9 Å². The molecule has 93 heavy (non-hydrogen) atoms. The molecule has 2 aliphatic heterocycles. The Morgan fingerprint density at radius 2 is 0.989 bits per heavy atom. The fraction of sp³-hybridized carbons (Fsp3) is 0.299. The van der Waals surface area contributed by atoms with Crippen LogP contribution in [0.5, 0.6) is 0 Å². The average Bonchev–Trinajstić information content (AvgIpc) is 0.861. The number of anilines is 2. The molecule has 0 unspecified atom stereocenters. The first-order valence-electron chi connectivity index (χ1n) is 29.2. The Balaban J connectivity index is 0.000000266. The summed E-state index contributed by atoms with van der Waals surface area (Å²) in [5.41, 5.74) is 8.99. The molecule has 6 aromatic carbocycles. The molecular formula is C67H64Cl4F2N10O10. The quantitative estimate of drug-likeness (QED) is 0.0224. The Morgan fingerprint density at radius 3 is 1.38 bits per heavy atom. The van der Waals surface area contributed by atoms with E-state index in [0.717, 1.165) is 11.1 Å². The number of ether oxygens (including phenoxy) is 1. The van der Waals surface area contributed by atoms with Crippen LogP contribution in [0.3, 0.4) is 0 Å². The minimum atomic E-state index is -1.33. The van der Waals surface area contributed by atoms with Crippen LogP contribution in [0.4, 0.5) is 36.3 Å². The Kier molecular flexibility index (Phi) is 25.1. The van der Waals surface area contributed by atoms with Gasteiger partial charge in [-0.15, -0.1) is 0 Å². The molecule has 484 valence electrons. The van der Waals surface area contributed by atoms with E-state index in [-0.39, 0.29) is 116 Å². The highest BCUT2D eigenvalue weighted by Crippen LogP contribution is 2.34. The first kappa shape index (κ1) is 71.2. The van der Waals surface area contributed by atoms with E-state index in [9.17, 15) is 51.9 Å². The predicted molar refractivity (Wildman–Crippen MR) is 348 cm³/mol. The SMILES string of the molecule is [C-]#[N+]c1ccc2c(c1)CN(C(=O)CCC(=O)c1ccccc1)[C@H](C(=O)N[C@@H](CCN)C(=O)Nc1ccc(Cl)c(Cl)c1F)C2.[C-]#[N+]c1ccc2c(c1)CN(C(=O)CCC(=O)c1ccccc1)[C@H](C(=O)N[C@@H](CCNC(=O)OC(C)(C)C)C(=O)Nc1ccc(Cl)c(Cl)c1F)C2. The molecule has 0 spiro atoms. The number of benzene rings is 6. The smallest absolute Gasteiger partial charge is 0.407 e. The van der Waals surface area contributed by atoms with Crippen LogP contribution in [0.2, 0.25) is 20.1 Å². The predicted octanol–water partition coefficient (Wildman–Crippen LogP) is 11.7. The van der Waals surface area contributed by atoms with Crippen LogP contribution in [0.15, 0.2) is 121 Å². The summed E-state index contributed by atoms with van der Waals surface area (Å²) in [4.78, 5) is 129. The number of alkyl carbamates (subject to hydrolysis) is 1. The molecular weight excluding hydrogens is 1280 g/mol. The van der Waals surface area contributed by atoms with Crippen LogP contribution in [-0.2, 0) is 59.4 Å². The van der Waals surface area contributed by atoms with Crippen LogP contribution in [-0.4, -0.2) is 106 Å². The molecule has 7 amide bonds. The Labute approximate surface area is 555 Å². The fourth-order valence-corrected chi connectivity index (χ4v) is 10.7. The van der Waals surface area contributed by atoms with Crippen molar-refractivity contribution in [2.75, 3.05) is 23.7 Å². The summed E-state index contributed by atoms with van der Waals surface area (Å²) in [6.07, 6.45) is -1.17. The summed E-state index contributed by atoms with van der Waals surface area (Å²) in [6.45, 7) is 19.7. The maximum Gasteiger partial charge on any atom is 0.407 e. The van der Waals surface area contributed by atoms with Crippen LogP contribution in [0.25, 0.3) is 9.69 Å². The van der Waals surface area contributed by atoms with Gasteiger partial charge in [-0.25, -0.2) is 23.3 Å². The maximum absolute atomic E-state index is 14.8. The molecule has 4 atom stereocenters.